The van der Waals surface area contributed by atoms with E-state index >= 15 is 0 Å². The molecule has 1 atom stereocenters. The molecule has 1 aliphatic heterocycles. The highest BCUT2D eigenvalue weighted by atomic mass is 32.2. The van der Waals surface area contributed by atoms with E-state index in [0.717, 1.165) is 36.8 Å². The lowest BCUT2D eigenvalue weighted by Crippen LogP contribution is -2.15. The maximum Gasteiger partial charge on any atom is 0.218 e. The summed E-state index contributed by atoms with van der Waals surface area (Å²) in [6.45, 7) is 1.89. The van der Waals surface area contributed by atoms with Crippen LogP contribution in [0.25, 0.3) is 26.8 Å². The number of fused-ring (bicyclic) bond motifs is 4. The van der Waals surface area contributed by atoms with Crippen molar-refractivity contribution < 1.29 is 4.74 Å². The quantitative estimate of drug-likeness (QED) is 0.440. The first-order chi connectivity index (χ1) is 15.2. The topological polar surface area (TPSA) is 104 Å². The smallest absolute Gasteiger partial charge is 0.218 e. The van der Waals surface area contributed by atoms with Crippen LogP contribution >= 0.6 is 23.1 Å². The van der Waals surface area contributed by atoms with Crippen LogP contribution in [0.4, 0.5) is 0 Å². The van der Waals surface area contributed by atoms with Gasteiger partial charge in [-0.2, -0.15) is 4.52 Å². The first-order valence-electron chi connectivity index (χ1n) is 9.53. The number of rotatable bonds is 3. The van der Waals surface area contributed by atoms with Crippen LogP contribution in [0, 0.1) is 0 Å². The molecule has 1 unspecified atom stereocenters. The van der Waals surface area contributed by atoms with E-state index in [1.807, 2.05) is 55.5 Å². The molecule has 0 radical (unpaired) electrons. The number of para-hydroxylation sites is 1. The molecule has 0 fully saturated rings. The van der Waals surface area contributed by atoms with E-state index in [1.54, 1.807) is 15.9 Å². The van der Waals surface area contributed by atoms with Gasteiger partial charge in [-0.25, -0.2) is 4.98 Å². The highest BCUT2D eigenvalue weighted by molar-refractivity contribution is 8.03. The number of ether oxygens (including phenoxy) is 1. The van der Waals surface area contributed by atoms with Gasteiger partial charge in [0, 0.05) is 5.39 Å². The zero-order valence-electron chi connectivity index (χ0n) is 16.3. The van der Waals surface area contributed by atoms with Gasteiger partial charge in [-0.15, -0.1) is 26.6 Å². The lowest BCUT2D eigenvalue weighted by atomic mass is 10.1. The van der Waals surface area contributed by atoms with E-state index in [-0.39, 0.29) is 5.92 Å². The van der Waals surface area contributed by atoms with Crippen LogP contribution in [-0.4, -0.2) is 30.0 Å². The van der Waals surface area contributed by atoms with Gasteiger partial charge in [0.1, 0.15) is 10.8 Å². The van der Waals surface area contributed by atoms with Crippen molar-refractivity contribution in [2.75, 3.05) is 0 Å². The first kappa shape index (κ1) is 18.3. The SMILES string of the molecule is CC1=CC(c2nc3ccccc3s2)C(Sc2nnc3c4ccccc4nnn23)=C(N)O1. The summed E-state index contributed by atoms with van der Waals surface area (Å²) in [6.07, 6.45) is 2.03. The fourth-order valence-corrected chi connectivity index (χ4v) is 5.62. The van der Waals surface area contributed by atoms with Gasteiger partial charge >= 0.3 is 0 Å². The Labute approximate surface area is 184 Å². The summed E-state index contributed by atoms with van der Waals surface area (Å²) >= 11 is 3.02. The number of aromatic nitrogens is 6. The average Bonchev–Trinajstić information content (AvgIpc) is 3.39. The van der Waals surface area contributed by atoms with Crippen molar-refractivity contribution in [2.24, 2.45) is 5.73 Å². The molecule has 5 aromatic rings. The van der Waals surface area contributed by atoms with Crippen LogP contribution in [0.3, 0.4) is 0 Å². The number of nitrogens with two attached hydrogens (primary N) is 1. The van der Waals surface area contributed by atoms with Crippen LogP contribution in [-0.2, 0) is 4.74 Å². The molecule has 2 N–H and O–H groups in total. The maximum atomic E-state index is 6.32. The van der Waals surface area contributed by atoms with Crippen molar-refractivity contribution in [3.63, 3.8) is 0 Å². The molecule has 2 aromatic carbocycles. The molecular weight excluding hydrogens is 430 g/mol. The number of nitrogens with zero attached hydrogens (tertiary/aromatic N) is 6. The molecule has 4 heterocycles. The van der Waals surface area contributed by atoms with E-state index in [9.17, 15) is 0 Å². The minimum atomic E-state index is -0.142. The van der Waals surface area contributed by atoms with Gasteiger partial charge in [-0.1, -0.05) is 29.5 Å². The van der Waals surface area contributed by atoms with Gasteiger partial charge in [0.2, 0.25) is 11.0 Å². The molecule has 0 bridgehead atoms. The second-order valence-electron chi connectivity index (χ2n) is 7.03. The third kappa shape index (κ3) is 3.03. The second kappa shape index (κ2) is 7.03. The number of benzene rings is 2. The lowest BCUT2D eigenvalue weighted by molar-refractivity contribution is 0.289. The predicted octanol–water partition coefficient (Wildman–Crippen LogP) is 4.22. The fraction of sp³-hybridized carbons (Fsp3) is 0.0952. The molecule has 6 rings (SSSR count). The van der Waals surface area contributed by atoms with Crippen LogP contribution in [0.1, 0.15) is 17.8 Å². The van der Waals surface area contributed by atoms with Crippen molar-refractivity contribution >= 4 is 49.9 Å². The largest absolute Gasteiger partial charge is 0.446 e. The third-order valence-electron chi connectivity index (χ3n) is 4.97. The Hall–Kier alpha value is -3.50. The van der Waals surface area contributed by atoms with Crippen LogP contribution < -0.4 is 5.73 Å². The standard InChI is InChI=1S/C21H15N7OS2/c1-11-10-13(20-23-15-8-4-5-9-16(15)30-20)17(18(22)29-11)31-21-26-25-19-12-6-2-3-7-14(12)24-27-28(19)21/h2-10,13H,22H2,1H3. The van der Waals surface area contributed by atoms with Crippen molar-refractivity contribution in [2.45, 2.75) is 18.0 Å². The third-order valence-corrected chi connectivity index (χ3v) is 7.21. The highest BCUT2D eigenvalue weighted by Gasteiger charge is 2.29. The molecule has 0 saturated heterocycles. The van der Waals surface area contributed by atoms with Crippen molar-refractivity contribution in [3.8, 4) is 0 Å². The van der Waals surface area contributed by atoms with Crippen LogP contribution in [0.15, 0.2) is 76.3 Å². The zero-order valence-corrected chi connectivity index (χ0v) is 17.9. The Morgan fingerprint density at radius 3 is 2.71 bits per heavy atom. The molecule has 3 aromatic heterocycles. The number of hydrogen-bond donors (Lipinski definition) is 1. The van der Waals surface area contributed by atoms with Crippen molar-refractivity contribution in [1.82, 2.24) is 30.0 Å². The predicted molar refractivity (Wildman–Crippen MR) is 120 cm³/mol. The van der Waals surface area contributed by atoms with Gasteiger partial charge in [0.25, 0.3) is 0 Å². The van der Waals surface area contributed by atoms with E-state index in [1.165, 1.54) is 11.8 Å². The number of thiazole rings is 1. The van der Waals surface area contributed by atoms with Crippen molar-refractivity contribution in [3.05, 3.63) is 76.2 Å². The van der Waals surface area contributed by atoms with Gasteiger partial charge in [0.05, 0.1) is 26.6 Å². The Morgan fingerprint density at radius 1 is 1.03 bits per heavy atom. The summed E-state index contributed by atoms with van der Waals surface area (Å²) in [5.41, 5.74) is 8.70. The summed E-state index contributed by atoms with van der Waals surface area (Å²) in [5.74, 6) is 0.930. The summed E-state index contributed by atoms with van der Waals surface area (Å²) in [4.78, 5) is 5.63. The zero-order chi connectivity index (χ0) is 20.9. The average molecular weight is 446 g/mol. The van der Waals surface area contributed by atoms with Gasteiger partial charge in [-0.05, 0) is 49.0 Å². The summed E-state index contributed by atoms with van der Waals surface area (Å²) in [6, 6.07) is 15.8. The van der Waals surface area contributed by atoms with Gasteiger partial charge < -0.3 is 10.5 Å². The molecule has 10 heteroatoms. The molecule has 31 heavy (non-hydrogen) atoms. The number of thioether (sulfide) groups is 1. The Morgan fingerprint density at radius 2 is 1.84 bits per heavy atom. The lowest BCUT2D eigenvalue weighted by Gasteiger charge is -2.22. The molecule has 0 saturated carbocycles. The van der Waals surface area contributed by atoms with E-state index in [0.29, 0.717) is 16.7 Å². The maximum absolute atomic E-state index is 6.32. The summed E-state index contributed by atoms with van der Waals surface area (Å²) in [5, 5.41) is 19.7. The number of allylic oxidation sites excluding steroid dienone is 3. The Balaban J connectivity index is 1.45. The summed E-state index contributed by atoms with van der Waals surface area (Å²) in [7, 11) is 0. The minimum Gasteiger partial charge on any atom is -0.446 e. The Bertz CT molecular complexity index is 1500. The molecule has 0 amide bonds. The van der Waals surface area contributed by atoms with Gasteiger partial charge in [-0.3, -0.25) is 0 Å². The molecular formula is C21H15N7OS2. The molecule has 152 valence electrons. The molecule has 0 aliphatic carbocycles. The van der Waals surface area contributed by atoms with Crippen molar-refractivity contribution in [1.29, 1.82) is 0 Å². The van der Waals surface area contributed by atoms with Gasteiger partial charge in [0.15, 0.2) is 5.65 Å². The van der Waals surface area contributed by atoms with Crippen LogP contribution in [0.5, 0.6) is 0 Å². The normalized spacial score (nSPS) is 16.8. The van der Waals surface area contributed by atoms with E-state index in [4.69, 9.17) is 15.5 Å². The fourth-order valence-electron chi connectivity index (χ4n) is 3.56. The molecule has 8 nitrogen and oxygen atoms in total. The van der Waals surface area contributed by atoms with Crippen LogP contribution in [0.2, 0.25) is 0 Å². The molecule has 1 aliphatic rings. The minimum absolute atomic E-state index is 0.142. The number of hydrogen-bond acceptors (Lipinski definition) is 9. The second-order valence-corrected chi connectivity index (χ2v) is 9.10. The highest BCUT2D eigenvalue weighted by Crippen LogP contribution is 2.44. The first-order valence-corrected chi connectivity index (χ1v) is 11.2. The monoisotopic (exact) mass is 445 g/mol. The Kier molecular flexibility index (Phi) is 4.15. The molecule has 0 spiro atoms. The van der Waals surface area contributed by atoms with E-state index < -0.39 is 0 Å². The van der Waals surface area contributed by atoms with E-state index in [2.05, 4.69) is 26.6 Å². The summed E-state index contributed by atoms with van der Waals surface area (Å²) < 4.78 is 8.50.